The second-order valence-electron chi connectivity index (χ2n) is 6.62. The average molecular weight is 234 g/mol. The molecule has 2 fully saturated rings. The molecule has 0 spiro atoms. The van der Waals surface area contributed by atoms with Crippen LogP contribution in [0.25, 0.3) is 0 Å². The van der Waals surface area contributed by atoms with Crippen molar-refractivity contribution < 1.29 is 0 Å². The Balaban J connectivity index is 1.60. The van der Waals surface area contributed by atoms with Gasteiger partial charge in [-0.3, -0.25) is 0 Å². The topological polar surface area (TPSA) is 27.0 Å². The lowest BCUT2D eigenvalue weighted by atomic mass is 9.89. The van der Waals surface area contributed by atoms with Gasteiger partial charge in [-0.15, -0.1) is 0 Å². The monoisotopic (exact) mass is 234 g/mol. The van der Waals surface area contributed by atoms with Crippen LogP contribution >= 0.6 is 0 Å². The molecule has 0 aromatic heterocycles. The van der Waals surface area contributed by atoms with E-state index in [0.29, 0.717) is 0 Å². The second-order valence-corrected chi connectivity index (χ2v) is 6.62. The summed E-state index contributed by atoms with van der Waals surface area (Å²) >= 11 is 0. The lowest BCUT2D eigenvalue weighted by molar-refractivity contribution is 0.243. The summed E-state index contributed by atoms with van der Waals surface area (Å²) in [5.41, 5.74) is -0.124. The standard InChI is InChI=1S/C15H26N2/c1-15(2,12-16)9-3-4-10-17(14-7-8-14)11-13-5-6-13/h13-14H,3-11H2,1-2H3. The van der Waals surface area contributed by atoms with Crippen molar-refractivity contribution in [2.75, 3.05) is 13.1 Å². The van der Waals surface area contributed by atoms with Gasteiger partial charge < -0.3 is 4.90 Å². The first-order chi connectivity index (χ1) is 8.11. The fraction of sp³-hybridized carbons (Fsp3) is 0.933. The third-order valence-electron chi connectivity index (χ3n) is 4.05. The molecule has 96 valence electrons. The van der Waals surface area contributed by atoms with Crippen molar-refractivity contribution in [3.8, 4) is 6.07 Å². The fourth-order valence-electron chi connectivity index (χ4n) is 2.43. The molecule has 0 aromatic rings. The van der Waals surface area contributed by atoms with Crippen molar-refractivity contribution in [1.29, 1.82) is 5.26 Å². The van der Waals surface area contributed by atoms with Crippen LogP contribution in [0.4, 0.5) is 0 Å². The molecule has 2 aliphatic carbocycles. The van der Waals surface area contributed by atoms with E-state index in [0.717, 1.165) is 18.4 Å². The Kier molecular flexibility index (Phi) is 4.09. The molecule has 2 heteroatoms. The van der Waals surface area contributed by atoms with E-state index in [-0.39, 0.29) is 5.41 Å². The maximum absolute atomic E-state index is 8.97. The van der Waals surface area contributed by atoms with Gasteiger partial charge in [0.25, 0.3) is 0 Å². The number of unbranched alkanes of at least 4 members (excludes halogenated alkanes) is 1. The van der Waals surface area contributed by atoms with Crippen LogP contribution in [0.2, 0.25) is 0 Å². The molecule has 0 atom stereocenters. The maximum atomic E-state index is 8.97. The Hall–Kier alpha value is -0.550. The highest BCUT2D eigenvalue weighted by molar-refractivity contribution is 4.92. The van der Waals surface area contributed by atoms with Gasteiger partial charge >= 0.3 is 0 Å². The first kappa shape index (κ1) is 12.9. The van der Waals surface area contributed by atoms with Crippen LogP contribution in [0.1, 0.15) is 58.8 Å². The van der Waals surface area contributed by atoms with Crippen LogP contribution < -0.4 is 0 Å². The summed E-state index contributed by atoms with van der Waals surface area (Å²) in [5, 5.41) is 8.97. The Morgan fingerprint density at radius 3 is 2.41 bits per heavy atom. The summed E-state index contributed by atoms with van der Waals surface area (Å²) in [6.07, 6.45) is 9.30. The van der Waals surface area contributed by atoms with Gasteiger partial charge in [0.05, 0.1) is 11.5 Å². The van der Waals surface area contributed by atoms with Gasteiger partial charge in [0.1, 0.15) is 0 Å². The number of nitrogens with zero attached hydrogens (tertiary/aromatic N) is 2. The molecule has 2 aliphatic rings. The molecule has 0 radical (unpaired) electrons. The molecule has 0 bridgehead atoms. The molecule has 2 saturated carbocycles. The minimum absolute atomic E-state index is 0.124. The van der Waals surface area contributed by atoms with Gasteiger partial charge in [0.2, 0.25) is 0 Å². The zero-order chi connectivity index (χ0) is 12.3. The first-order valence-electron chi connectivity index (χ1n) is 7.26. The Morgan fingerprint density at radius 1 is 1.18 bits per heavy atom. The molecule has 0 aliphatic heterocycles. The number of nitriles is 1. The highest BCUT2D eigenvalue weighted by atomic mass is 15.2. The predicted octanol–water partition coefficient (Wildman–Crippen LogP) is 3.58. The van der Waals surface area contributed by atoms with Gasteiger partial charge in [-0.1, -0.05) is 6.42 Å². The van der Waals surface area contributed by atoms with Crippen LogP contribution in [-0.4, -0.2) is 24.0 Å². The van der Waals surface area contributed by atoms with E-state index in [1.54, 1.807) is 0 Å². The van der Waals surface area contributed by atoms with E-state index in [2.05, 4.69) is 24.8 Å². The fourth-order valence-corrected chi connectivity index (χ4v) is 2.43. The van der Waals surface area contributed by atoms with Crippen LogP contribution in [0.3, 0.4) is 0 Å². The van der Waals surface area contributed by atoms with E-state index >= 15 is 0 Å². The summed E-state index contributed by atoms with van der Waals surface area (Å²) in [6, 6.07) is 3.31. The molecular formula is C15H26N2. The second kappa shape index (κ2) is 5.40. The zero-order valence-electron chi connectivity index (χ0n) is 11.4. The normalized spacial score (nSPS) is 20.6. The summed E-state index contributed by atoms with van der Waals surface area (Å²) in [4.78, 5) is 2.72. The molecular weight excluding hydrogens is 208 g/mol. The Bertz CT molecular complexity index is 282. The highest BCUT2D eigenvalue weighted by Gasteiger charge is 2.33. The van der Waals surface area contributed by atoms with E-state index < -0.39 is 0 Å². The van der Waals surface area contributed by atoms with E-state index in [1.807, 2.05) is 0 Å². The molecule has 2 nitrogen and oxygen atoms in total. The number of rotatable bonds is 8. The van der Waals surface area contributed by atoms with Gasteiger partial charge in [0.15, 0.2) is 0 Å². The van der Waals surface area contributed by atoms with E-state index in [4.69, 9.17) is 5.26 Å². The summed E-state index contributed by atoms with van der Waals surface area (Å²) in [6.45, 7) is 6.72. The van der Waals surface area contributed by atoms with Crippen LogP contribution in [-0.2, 0) is 0 Å². The van der Waals surface area contributed by atoms with Crippen LogP contribution in [0.5, 0.6) is 0 Å². The Labute approximate surface area is 106 Å². The summed E-state index contributed by atoms with van der Waals surface area (Å²) in [5.74, 6) is 1.02. The third kappa shape index (κ3) is 4.68. The van der Waals surface area contributed by atoms with Crippen molar-refractivity contribution in [2.24, 2.45) is 11.3 Å². The third-order valence-corrected chi connectivity index (χ3v) is 4.05. The molecule has 0 unspecified atom stereocenters. The van der Waals surface area contributed by atoms with Crippen molar-refractivity contribution in [3.05, 3.63) is 0 Å². The quantitative estimate of drug-likeness (QED) is 0.600. The number of hydrogen-bond acceptors (Lipinski definition) is 2. The predicted molar refractivity (Wildman–Crippen MR) is 70.6 cm³/mol. The molecule has 2 rings (SSSR count). The summed E-state index contributed by atoms with van der Waals surface area (Å²) in [7, 11) is 0. The Morgan fingerprint density at radius 2 is 1.88 bits per heavy atom. The lowest BCUT2D eigenvalue weighted by Gasteiger charge is -2.22. The number of hydrogen-bond donors (Lipinski definition) is 0. The van der Waals surface area contributed by atoms with Crippen LogP contribution in [0, 0.1) is 22.7 Å². The first-order valence-corrected chi connectivity index (χ1v) is 7.26. The van der Waals surface area contributed by atoms with Gasteiger partial charge in [-0.05, 0) is 64.8 Å². The maximum Gasteiger partial charge on any atom is 0.0683 e. The smallest absolute Gasteiger partial charge is 0.0683 e. The lowest BCUT2D eigenvalue weighted by Crippen LogP contribution is -2.29. The minimum Gasteiger partial charge on any atom is -0.300 e. The van der Waals surface area contributed by atoms with Crippen molar-refractivity contribution in [1.82, 2.24) is 4.90 Å². The van der Waals surface area contributed by atoms with Crippen LogP contribution in [0.15, 0.2) is 0 Å². The van der Waals surface area contributed by atoms with Crippen molar-refractivity contribution >= 4 is 0 Å². The molecule has 0 aromatic carbocycles. The largest absolute Gasteiger partial charge is 0.300 e. The van der Waals surface area contributed by atoms with E-state index in [9.17, 15) is 0 Å². The van der Waals surface area contributed by atoms with Gasteiger partial charge in [-0.2, -0.15) is 5.26 Å². The van der Waals surface area contributed by atoms with Crippen molar-refractivity contribution in [2.45, 2.75) is 64.8 Å². The molecule has 0 N–H and O–H groups in total. The molecule has 17 heavy (non-hydrogen) atoms. The molecule has 0 heterocycles. The molecule has 0 amide bonds. The van der Waals surface area contributed by atoms with Gasteiger partial charge in [-0.25, -0.2) is 0 Å². The SMILES string of the molecule is CC(C)(C#N)CCCCN(CC1CC1)C1CC1. The zero-order valence-corrected chi connectivity index (χ0v) is 11.4. The van der Waals surface area contributed by atoms with E-state index in [1.165, 1.54) is 51.6 Å². The molecule has 0 saturated heterocycles. The van der Waals surface area contributed by atoms with Gasteiger partial charge in [0, 0.05) is 12.6 Å². The van der Waals surface area contributed by atoms with Crippen molar-refractivity contribution in [3.63, 3.8) is 0 Å². The minimum atomic E-state index is -0.124. The highest BCUT2D eigenvalue weighted by Crippen LogP contribution is 2.35. The average Bonchev–Trinajstić information content (AvgIpc) is 3.15. The summed E-state index contributed by atoms with van der Waals surface area (Å²) < 4.78 is 0.